The molecule has 0 spiro atoms. The molecular formula is C20H19ClN2. The fraction of sp³-hybridized carbons (Fsp3) is 0.150. The molecule has 1 aromatic heterocycles. The number of nitrogens with zero attached hydrogens (tertiary/aromatic N) is 2. The number of rotatable bonds is 4. The average molecular weight is 323 g/mol. The molecule has 0 aliphatic heterocycles. The molecule has 0 aliphatic carbocycles. The highest BCUT2D eigenvalue weighted by Gasteiger charge is 2.09. The quantitative estimate of drug-likeness (QED) is 0.575. The highest BCUT2D eigenvalue weighted by molar-refractivity contribution is 6.30. The maximum absolute atomic E-state index is 5.98. The largest absolute Gasteiger partial charge is 0.318 e. The third-order valence-electron chi connectivity index (χ3n) is 3.90. The van der Waals surface area contributed by atoms with Gasteiger partial charge in [0.05, 0.1) is 6.54 Å². The Morgan fingerprint density at radius 2 is 1.70 bits per heavy atom. The van der Waals surface area contributed by atoms with Crippen LogP contribution >= 0.6 is 11.6 Å². The summed E-state index contributed by atoms with van der Waals surface area (Å²) >= 11 is 5.98. The molecule has 0 unspecified atom stereocenters. The smallest absolute Gasteiger partial charge is 0.0639 e. The van der Waals surface area contributed by atoms with Crippen LogP contribution in [0.3, 0.4) is 0 Å². The van der Waals surface area contributed by atoms with Gasteiger partial charge in [-0.3, -0.25) is 4.99 Å². The molecule has 116 valence electrons. The molecule has 0 N–H and O–H groups in total. The second kappa shape index (κ2) is 6.84. The van der Waals surface area contributed by atoms with Crippen LogP contribution in [0, 0.1) is 13.8 Å². The van der Waals surface area contributed by atoms with E-state index in [9.17, 15) is 0 Å². The van der Waals surface area contributed by atoms with Crippen molar-refractivity contribution in [2.24, 2.45) is 4.99 Å². The third kappa shape index (κ3) is 3.54. The summed E-state index contributed by atoms with van der Waals surface area (Å²) in [7, 11) is 0. The van der Waals surface area contributed by atoms with E-state index in [2.05, 4.69) is 41.6 Å². The van der Waals surface area contributed by atoms with Gasteiger partial charge in [-0.25, -0.2) is 0 Å². The first kappa shape index (κ1) is 15.6. The van der Waals surface area contributed by atoms with Crippen LogP contribution in [0.15, 0.2) is 65.7 Å². The highest BCUT2D eigenvalue weighted by Crippen LogP contribution is 2.21. The van der Waals surface area contributed by atoms with Gasteiger partial charge < -0.3 is 4.57 Å². The van der Waals surface area contributed by atoms with Crippen LogP contribution in [0.2, 0.25) is 5.02 Å². The number of halogens is 1. The van der Waals surface area contributed by atoms with Crippen molar-refractivity contribution in [2.45, 2.75) is 20.4 Å². The molecule has 1 heterocycles. The Bertz CT molecular complexity index is 815. The Balaban J connectivity index is 1.84. The maximum Gasteiger partial charge on any atom is 0.0639 e. The normalized spacial score (nSPS) is 11.3. The Hall–Kier alpha value is -2.32. The molecule has 3 heteroatoms. The van der Waals surface area contributed by atoms with Crippen molar-refractivity contribution in [3.63, 3.8) is 0 Å². The minimum absolute atomic E-state index is 0.700. The van der Waals surface area contributed by atoms with Gasteiger partial charge in [0, 0.05) is 33.9 Å². The van der Waals surface area contributed by atoms with E-state index in [1.165, 1.54) is 17.0 Å². The molecule has 3 rings (SSSR count). The average Bonchev–Trinajstić information content (AvgIpc) is 2.84. The second-order valence-corrected chi connectivity index (χ2v) is 6.03. The molecule has 0 radical (unpaired) electrons. The van der Waals surface area contributed by atoms with E-state index in [1.807, 2.05) is 48.7 Å². The van der Waals surface area contributed by atoms with Gasteiger partial charge in [-0.05, 0) is 49.7 Å². The molecule has 0 amide bonds. The molecule has 2 aromatic carbocycles. The van der Waals surface area contributed by atoms with E-state index in [-0.39, 0.29) is 0 Å². The molecule has 0 saturated carbocycles. The number of hydrogen-bond donors (Lipinski definition) is 0. The Morgan fingerprint density at radius 3 is 2.39 bits per heavy atom. The van der Waals surface area contributed by atoms with Gasteiger partial charge in [-0.15, -0.1) is 0 Å². The van der Waals surface area contributed by atoms with Crippen molar-refractivity contribution >= 4 is 17.8 Å². The fourth-order valence-corrected chi connectivity index (χ4v) is 2.86. The van der Waals surface area contributed by atoms with Gasteiger partial charge in [-0.2, -0.15) is 0 Å². The lowest BCUT2D eigenvalue weighted by Gasteiger charge is -2.09. The van der Waals surface area contributed by atoms with Gasteiger partial charge >= 0.3 is 0 Å². The van der Waals surface area contributed by atoms with Crippen molar-refractivity contribution in [2.75, 3.05) is 0 Å². The minimum atomic E-state index is 0.700. The first-order valence-electron chi connectivity index (χ1n) is 7.64. The maximum atomic E-state index is 5.98. The lowest BCUT2D eigenvalue weighted by atomic mass is 10.2. The van der Waals surface area contributed by atoms with E-state index in [1.54, 1.807) is 0 Å². The zero-order valence-electron chi connectivity index (χ0n) is 13.3. The van der Waals surface area contributed by atoms with Crippen molar-refractivity contribution < 1.29 is 0 Å². The van der Waals surface area contributed by atoms with Crippen LogP contribution in [0.1, 0.15) is 22.5 Å². The summed E-state index contributed by atoms with van der Waals surface area (Å²) in [5.74, 6) is 0. The van der Waals surface area contributed by atoms with Crippen LogP contribution in [0.5, 0.6) is 0 Å². The Kier molecular flexibility index (Phi) is 4.63. The van der Waals surface area contributed by atoms with Crippen LogP contribution in [-0.2, 0) is 6.54 Å². The number of aromatic nitrogens is 1. The van der Waals surface area contributed by atoms with Crippen LogP contribution in [0.25, 0.3) is 5.69 Å². The van der Waals surface area contributed by atoms with Crippen LogP contribution in [-0.4, -0.2) is 10.8 Å². The Morgan fingerprint density at radius 1 is 1.00 bits per heavy atom. The molecule has 0 aliphatic rings. The van der Waals surface area contributed by atoms with E-state index in [0.717, 1.165) is 16.3 Å². The highest BCUT2D eigenvalue weighted by atomic mass is 35.5. The van der Waals surface area contributed by atoms with Crippen molar-refractivity contribution in [1.29, 1.82) is 0 Å². The van der Waals surface area contributed by atoms with Crippen LogP contribution < -0.4 is 0 Å². The summed E-state index contributed by atoms with van der Waals surface area (Å²) in [6, 6.07) is 20.3. The summed E-state index contributed by atoms with van der Waals surface area (Å²) in [5, 5.41) is 0.751. The molecule has 0 fully saturated rings. The number of aryl methyl sites for hydroxylation is 1. The van der Waals surface area contributed by atoms with Gasteiger partial charge in [0.2, 0.25) is 0 Å². The number of benzene rings is 2. The lowest BCUT2D eigenvalue weighted by Crippen LogP contribution is -1.99. The summed E-state index contributed by atoms with van der Waals surface area (Å²) in [4.78, 5) is 4.58. The Labute approximate surface area is 142 Å². The molecule has 23 heavy (non-hydrogen) atoms. The van der Waals surface area contributed by atoms with Crippen molar-refractivity contribution in [3.05, 3.63) is 88.2 Å². The van der Waals surface area contributed by atoms with E-state index in [4.69, 9.17) is 11.6 Å². The molecule has 2 nitrogen and oxygen atoms in total. The topological polar surface area (TPSA) is 17.3 Å². The first-order chi connectivity index (χ1) is 11.1. The summed E-state index contributed by atoms with van der Waals surface area (Å²) in [6.07, 6.45) is 1.96. The van der Waals surface area contributed by atoms with Crippen molar-refractivity contribution in [3.8, 4) is 5.69 Å². The summed E-state index contributed by atoms with van der Waals surface area (Å²) in [6.45, 7) is 4.92. The zero-order valence-corrected chi connectivity index (χ0v) is 14.1. The van der Waals surface area contributed by atoms with Crippen molar-refractivity contribution in [1.82, 2.24) is 4.57 Å². The standard InChI is InChI=1S/C20H19ClN2/c1-15-12-18(14-22-13-17-6-4-3-5-7-17)16(2)23(15)20-10-8-19(21)9-11-20/h3-12,14H,13H2,1-2H3. The van der Waals surface area contributed by atoms with Gasteiger partial charge in [0.15, 0.2) is 0 Å². The van der Waals surface area contributed by atoms with E-state index < -0.39 is 0 Å². The van der Waals surface area contributed by atoms with Gasteiger partial charge in [-0.1, -0.05) is 41.9 Å². The van der Waals surface area contributed by atoms with Crippen LogP contribution in [0.4, 0.5) is 0 Å². The van der Waals surface area contributed by atoms with Gasteiger partial charge in [0.1, 0.15) is 0 Å². The molecule has 3 aromatic rings. The first-order valence-corrected chi connectivity index (χ1v) is 8.01. The number of hydrogen-bond acceptors (Lipinski definition) is 1. The third-order valence-corrected chi connectivity index (χ3v) is 4.15. The SMILES string of the molecule is Cc1cc(C=NCc2ccccc2)c(C)n1-c1ccc(Cl)cc1. The molecular weight excluding hydrogens is 304 g/mol. The molecule has 0 saturated heterocycles. The fourth-order valence-electron chi connectivity index (χ4n) is 2.74. The molecule has 0 bridgehead atoms. The van der Waals surface area contributed by atoms with Gasteiger partial charge in [0.25, 0.3) is 0 Å². The minimum Gasteiger partial charge on any atom is -0.318 e. The zero-order chi connectivity index (χ0) is 16.2. The monoisotopic (exact) mass is 322 g/mol. The summed E-state index contributed by atoms with van der Waals surface area (Å²) in [5.41, 5.74) is 5.85. The van der Waals surface area contributed by atoms with E-state index in [0.29, 0.717) is 6.54 Å². The lowest BCUT2D eigenvalue weighted by molar-refractivity contribution is 0.964. The van der Waals surface area contributed by atoms with E-state index >= 15 is 0 Å². The predicted molar refractivity (Wildman–Crippen MR) is 98.0 cm³/mol. The number of aliphatic imine (C=N–C) groups is 1. The predicted octanol–water partition coefficient (Wildman–Crippen LogP) is 5.37. The molecule has 0 atom stereocenters. The summed E-state index contributed by atoms with van der Waals surface area (Å²) < 4.78 is 2.22. The second-order valence-electron chi connectivity index (χ2n) is 5.59.